The second-order valence-electron chi connectivity index (χ2n) is 4.51. The third-order valence-electron chi connectivity index (χ3n) is 3.22. The van der Waals surface area contributed by atoms with Crippen molar-refractivity contribution in [3.05, 3.63) is 29.8 Å². The van der Waals surface area contributed by atoms with E-state index in [1.807, 2.05) is 26.2 Å². The zero-order valence-electron chi connectivity index (χ0n) is 10.8. The Balaban J connectivity index is 2.90. The van der Waals surface area contributed by atoms with Crippen molar-refractivity contribution in [1.29, 1.82) is 0 Å². The highest BCUT2D eigenvalue weighted by atomic mass is 16.3. The molecule has 90 valence electrons. The number of benzene rings is 1. The molecule has 1 aromatic rings. The standard InChI is InChI=1S/C14H23NO/c1-5-11(6-2)14(16)12-8-7-9-13(10-12)15(3)4/h7-11,14,16H,5-6H2,1-4H3. The summed E-state index contributed by atoms with van der Waals surface area (Å²) >= 11 is 0. The molecule has 16 heavy (non-hydrogen) atoms. The minimum absolute atomic E-state index is 0.338. The minimum atomic E-state index is -0.338. The van der Waals surface area contributed by atoms with Crippen molar-refractivity contribution in [2.45, 2.75) is 32.8 Å². The van der Waals surface area contributed by atoms with Gasteiger partial charge in [-0.25, -0.2) is 0 Å². The van der Waals surface area contributed by atoms with E-state index in [1.165, 1.54) is 0 Å². The molecule has 1 aromatic carbocycles. The van der Waals surface area contributed by atoms with Gasteiger partial charge >= 0.3 is 0 Å². The fourth-order valence-electron chi connectivity index (χ4n) is 1.99. The molecule has 0 fully saturated rings. The quantitative estimate of drug-likeness (QED) is 0.825. The Morgan fingerprint density at radius 1 is 1.19 bits per heavy atom. The van der Waals surface area contributed by atoms with E-state index in [2.05, 4.69) is 30.9 Å². The molecule has 0 amide bonds. The van der Waals surface area contributed by atoms with Crippen LogP contribution in [0, 0.1) is 5.92 Å². The third kappa shape index (κ3) is 2.99. The highest BCUT2D eigenvalue weighted by Crippen LogP contribution is 2.28. The van der Waals surface area contributed by atoms with Gasteiger partial charge in [-0.3, -0.25) is 0 Å². The molecule has 2 heteroatoms. The van der Waals surface area contributed by atoms with E-state index in [0.717, 1.165) is 24.1 Å². The number of hydrogen-bond acceptors (Lipinski definition) is 2. The van der Waals surface area contributed by atoms with Gasteiger partial charge in [0.05, 0.1) is 6.10 Å². The first kappa shape index (κ1) is 13.0. The van der Waals surface area contributed by atoms with Crippen LogP contribution in [0.5, 0.6) is 0 Å². The molecule has 0 saturated carbocycles. The van der Waals surface area contributed by atoms with Crippen LogP contribution in [0.1, 0.15) is 38.4 Å². The average molecular weight is 221 g/mol. The molecule has 0 bridgehead atoms. The molecule has 0 saturated heterocycles. The largest absolute Gasteiger partial charge is 0.388 e. The van der Waals surface area contributed by atoms with Crippen LogP contribution >= 0.6 is 0 Å². The summed E-state index contributed by atoms with van der Waals surface area (Å²) in [4.78, 5) is 2.06. The van der Waals surface area contributed by atoms with E-state index in [4.69, 9.17) is 0 Å². The summed E-state index contributed by atoms with van der Waals surface area (Å²) in [6.45, 7) is 4.26. The smallest absolute Gasteiger partial charge is 0.0818 e. The third-order valence-corrected chi connectivity index (χ3v) is 3.22. The van der Waals surface area contributed by atoms with Crippen LogP contribution in [-0.4, -0.2) is 19.2 Å². The lowest BCUT2D eigenvalue weighted by atomic mass is 9.91. The average Bonchev–Trinajstić information content (AvgIpc) is 2.30. The highest BCUT2D eigenvalue weighted by molar-refractivity contribution is 5.47. The van der Waals surface area contributed by atoms with Crippen molar-refractivity contribution >= 4 is 5.69 Å². The molecule has 0 radical (unpaired) electrons. The maximum absolute atomic E-state index is 10.3. The maximum Gasteiger partial charge on any atom is 0.0818 e. The van der Waals surface area contributed by atoms with Crippen LogP contribution in [0.3, 0.4) is 0 Å². The van der Waals surface area contributed by atoms with Gasteiger partial charge in [0.25, 0.3) is 0 Å². The molecule has 0 aliphatic heterocycles. The normalized spacial score (nSPS) is 12.9. The van der Waals surface area contributed by atoms with Crippen molar-refractivity contribution < 1.29 is 5.11 Å². The summed E-state index contributed by atoms with van der Waals surface area (Å²) in [5.41, 5.74) is 2.17. The summed E-state index contributed by atoms with van der Waals surface area (Å²) in [5.74, 6) is 0.359. The second kappa shape index (κ2) is 5.90. The fourth-order valence-corrected chi connectivity index (χ4v) is 1.99. The summed E-state index contributed by atoms with van der Waals surface area (Å²) < 4.78 is 0. The van der Waals surface area contributed by atoms with Crippen molar-refractivity contribution in [3.8, 4) is 0 Å². The maximum atomic E-state index is 10.3. The fraction of sp³-hybridized carbons (Fsp3) is 0.571. The Bertz CT molecular complexity index is 318. The van der Waals surface area contributed by atoms with Gasteiger partial charge in [-0.15, -0.1) is 0 Å². The van der Waals surface area contributed by atoms with Gasteiger partial charge in [-0.1, -0.05) is 38.8 Å². The topological polar surface area (TPSA) is 23.5 Å². The van der Waals surface area contributed by atoms with Gasteiger partial charge in [0.1, 0.15) is 0 Å². The first-order valence-corrected chi connectivity index (χ1v) is 6.05. The zero-order chi connectivity index (χ0) is 12.1. The van der Waals surface area contributed by atoms with E-state index < -0.39 is 0 Å². The molecule has 1 rings (SSSR count). The molecular weight excluding hydrogens is 198 g/mol. The number of nitrogens with zero attached hydrogens (tertiary/aromatic N) is 1. The minimum Gasteiger partial charge on any atom is -0.388 e. The SMILES string of the molecule is CCC(CC)C(O)c1cccc(N(C)C)c1. The van der Waals surface area contributed by atoms with Gasteiger partial charge < -0.3 is 10.0 Å². The molecule has 0 aromatic heterocycles. The van der Waals surface area contributed by atoms with Crippen LogP contribution in [0.15, 0.2) is 24.3 Å². The van der Waals surface area contributed by atoms with Crippen LogP contribution in [0.4, 0.5) is 5.69 Å². The van der Waals surface area contributed by atoms with E-state index in [1.54, 1.807) is 0 Å². The number of hydrogen-bond donors (Lipinski definition) is 1. The number of rotatable bonds is 5. The van der Waals surface area contributed by atoms with Crippen LogP contribution in [0.25, 0.3) is 0 Å². The summed E-state index contributed by atoms with van der Waals surface area (Å²) in [6.07, 6.45) is 1.70. The van der Waals surface area contributed by atoms with Crippen LogP contribution in [-0.2, 0) is 0 Å². The van der Waals surface area contributed by atoms with Gasteiger partial charge in [-0.05, 0) is 23.6 Å². The molecular formula is C14H23NO. The Labute approximate surface area is 98.9 Å². The lowest BCUT2D eigenvalue weighted by molar-refractivity contribution is 0.103. The van der Waals surface area contributed by atoms with Gasteiger partial charge in [0.15, 0.2) is 0 Å². The van der Waals surface area contributed by atoms with Gasteiger partial charge in [0, 0.05) is 19.8 Å². The summed E-state index contributed by atoms with van der Waals surface area (Å²) in [5, 5.41) is 10.3. The predicted octanol–water partition coefficient (Wildman–Crippen LogP) is 3.22. The van der Waals surface area contributed by atoms with E-state index in [0.29, 0.717) is 5.92 Å². The van der Waals surface area contributed by atoms with E-state index in [9.17, 15) is 5.11 Å². The highest BCUT2D eigenvalue weighted by Gasteiger charge is 2.17. The van der Waals surface area contributed by atoms with Crippen molar-refractivity contribution in [2.75, 3.05) is 19.0 Å². The van der Waals surface area contributed by atoms with Gasteiger partial charge in [0.2, 0.25) is 0 Å². The number of aliphatic hydroxyl groups excluding tert-OH is 1. The second-order valence-corrected chi connectivity index (χ2v) is 4.51. The molecule has 1 N–H and O–H groups in total. The Morgan fingerprint density at radius 3 is 2.31 bits per heavy atom. The lowest BCUT2D eigenvalue weighted by Crippen LogP contribution is -2.13. The first-order chi connectivity index (χ1) is 7.60. The molecule has 0 spiro atoms. The molecule has 2 nitrogen and oxygen atoms in total. The van der Waals surface area contributed by atoms with Crippen molar-refractivity contribution in [1.82, 2.24) is 0 Å². The van der Waals surface area contributed by atoms with E-state index >= 15 is 0 Å². The molecule has 0 aliphatic carbocycles. The lowest BCUT2D eigenvalue weighted by Gasteiger charge is -2.22. The zero-order valence-corrected chi connectivity index (χ0v) is 10.8. The Kier molecular flexibility index (Phi) is 4.81. The first-order valence-electron chi connectivity index (χ1n) is 6.05. The van der Waals surface area contributed by atoms with E-state index in [-0.39, 0.29) is 6.10 Å². The molecule has 0 aliphatic rings. The van der Waals surface area contributed by atoms with Gasteiger partial charge in [-0.2, -0.15) is 0 Å². The summed E-state index contributed by atoms with van der Waals surface area (Å²) in [6, 6.07) is 8.15. The van der Waals surface area contributed by atoms with Crippen molar-refractivity contribution in [2.24, 2.45) is 5.92 Å². The van der Waals surface area contributed by atoms with Crippen molar-refractivity contribution in [3.63, 3.8) is 0 Å². The Hall–Kier alpha value is -1.02. The monoisotopic (exact) mass is 221 g/mol. The Morgan fingerprint density at radius 2 is 1.81 bits per heavy atom. The molecule has 1 atom stereocenters. The number of anilines is 1. The number of aliphatic hydroxyl groups is 1. The predicted molar refractivity (Wildman–Crippen MR) is 69.8 cm³/mol. The van der Waals surface area contributed by atoms with Crippen LogP contribution < -0.4 is 4.90 Å². The molecule has 0 heterocycles. The summed E-state index contributed by atoms with van der Waals surface area (Å²) in [7, 11) is 4.03. The molecule has 1 unspecified atom stereocenters. The van der Waals surface area contributed by atoms with Crippen LogP contribution in [0.2, 0.25) is 0 Å².